The molecule has 0 radical (unpaired) electrons. The highest BCUT2D eigenvalue weighted by Crippen LogP contribution is 2.26. The predicted molar refractivity (Wildman–Crippen MR) is 174 cm³/mol. The number of aliphatic carboxylic acids is 1. The summed E-state index contributed by atoms with van der Waals surface area (Å²) in [7, 11) is 1.73. The third kappa shape index (κ3) is 7.38. The maximum atomic E-state index is 13.1. The summed E-state index contributed by atoms with van der Waals surface area (Å²) in [4.78, 5) is 39.7. The lowest BCUT2D eigenvalue weighted by Crippen LogP contribution is -2.36. The van der Waals surface area contributed by atoms with Crippen molar-refractivity contribution in [1.29, 1.82) is 0 Å². The predicted octanol–water partition coefficient (Wildman–Crippen LogP) is 7.04. The van der Waals surface area contributed by atoms with E-state index in [4.69, 9.17) is 0 Å². The van der Waals surface area contributed by atoms with Gasteiger partial charge in [0, 0.05) is 42.5 Å². The summed E-state index contributed by atoms with van der Waals surface area (Å²) in [6, 6.07) is 39.8. The fourth-order valence-electron chi connectivity index (χ4n) is 4.91. The van der Waals surface area contributed by atoms with Crippen LogP contribution in [0.2, 0.25) is 0 Å². The van der Waals surface area contributed by atoms with E-state index in [1.54, 1.807) is 60.5 Å². The number of carboxylic acid groups (broad SMARTS) is 1. The Morgan fingerprint density at radius 2 is 1.36 bits per heavy atom. The number of rotatable bonds is 11. The Labute approximate surface area is 256 Å². The molecule has 7 nitrogen and oxygen atoms in total. The van der Waals surface area contributed by atoms with Gasteiger partial charge in [-0.05, 0) is 46.5 Å². The van der Waals surface area contributed by atoms with E-state index in [2.05, 4.69) is 10.6 Å². The van der Waals surface area contributed by atoms with Crippen LogP contribution in [0, 0.1) is 0 Å². The molecule has 0 spiro atoms. The average molecular weight is 584 g/mol. The van der Waals surface area contributed by atoms with Crippen molar-refractivity contribution in [2.24, 2.45) is 0 Å². The fraction of sp³-hybridized carbons (Fsp3) is 0.108. The van der Waals surface area contributed by atoms with Gasteiger partial charge >= 0.3 is 12.0 Å². The smallest absolute Gasteiger partial charge is 0.326 e. The summed E-state index contributed by atoms with van der Waals surface area (Å²) >= 11 is 0. The van der Waals surface area contributed by atoms with Crippen molar-refractivity contribution in [3.8, 4) is 11.1 Å². The number of benzene rings is 5. The molecule has 44 heavy (non-hydrogen) atoms. The first-order chi connectivity index (χ1) is 21.4. The van der Waals surface area contributed by atoms with Gasteiger partial charge in [0.2, 0.25) is 0 Å². The summed E-state index contributed by atoms with van der Waals surface area (Å²) in [6.45, 7) is 0.437. The van der Waals surface area contributed by atoms with Crippen molar-refractivity contribution < 1.29 is 19.5 Å². The zero-order valence-corrected chi connectivity index (χ0v) is 24.3. The third-order valence-corrected chi connectivity index (χ3v) is 7.39. The molecular formula is C37H33N3O4. The number of ketones is 1. The molecule has 0 heterocycles. The minimum absolute atomic E-state index is 0.177. The number of para-hydroxylation sites is 1. The molecule has 1 atom stereocenters. The Hall–Kier alpha value is -5.69. The molecule has 0 aliphatic rings. The van der Waals surface area contributed by atoms with Crippen LogP contribution in [-0.2, 0) is 17.8 Å². The van der Waals surface area contributed by atoms with Crippen molar-refractivity contribution in [2.45, 2.75) is 19.0 Å². The highest BCUT2D eigenvalue weighted by Gasteiger charge is 2.21. The number of anilines is 2. The summed E-state index contributed by atoms with van der Waals surface area (Å²) < 4.78 is 0. The molecule has 2 amide bonds. The Morgan fingerprint density at radius 1 is 0.705 bits per heavy atom. The van der Waals surface area contributed by atoms with Crippen molar-refractivity contribution >= 4 is 29.2 Å². The van der Waals surface area contributed by atoms with E-state index in [0.717, 1.165) is 27.9 Å². The van der Waals surface area contributed by atoms with E-state index in [1.807, 2.05) is 84.9 Å². The largest absolute Gasteiger partial charge is 0.480 e. The van der Waals surface area contributed by atoms with Crippen LogP contribution in [0.15, 0.2) is 133 Å². The van der Waals surface area contributed by atoms with Gasteiger partial charge in [-0.2, -0.15) is 0 Å². The van der Waals surface area contributed by atoms with Gasteiger partial charge in [-0.15, -0.1) is 0 Å². The third-order valence-electron chi connectivity index (χ3n) is 7.39. The number of carboxylic acids is 1. The van der Waals surface area contributed by atoms with E-state index in [9.17, 15) is 19.5 Å². The van der Waals surface area contributed by atoms with E-state index < -0.39 is 12.0 Å². The minimum Gasteiger partial charge on any atom is -0.480 e. The van der Waals surface area contributed by atoms with Crippen molar-refractivity contribution in [3.05, 3.63) is 156 Å². The molecule has 0 aromatic heterocycles. The van der Waals surface area contributed by atoms with Gasteiger partial charge < -0.3 is 15.7 Å². The molecule has 0 fully saturated rings. The van der Waals surface area contributed by atoms with Crippen molar-refractivity contribution in [1.82, 2.24) is 5.32 Å². The molecule has 0 aliphatic heterocycles. The first kappa shape index (κ1) is 29.8. The molecule has 0 bridgehead atoms. The number of carbonyl (C=O) groups is 3. The summed E-state index contributed by atoms with van der Waals surface area (Å²) in [5.74, 6) is -1.19. The molecule has 0 saturated carbocycles. The minimum atomic E-state index is -1.02. The van der Waals surface area contributed by atoms with Gasteiger partial charge in [0.15, 0.2) is 5.78 Å². The highest BCUT2D eigenvalue weighted by molar-refractivity contribution is 6.12. The van der Waals surface area contributed by atoms with Crippen LogP contribution >= 0.6 is 0 Å². The molecule has 220 valence electrons. The lowest BCUT2D eigenvalue weighted by Gasteiger charge is -2.19. The second kappa shape index (κ2) is 14.0. The number of nitrogens with zero attached hydrogens (tertiary/aromatic N) is 1. The number of carbonyl (C=O) groups excluding carboxylic acids is 2. The Morgan fingerprint density at radius 3 is 2.07 bits per heavy atom. The van der Waals surface area contributed by atoms with Crippen LogP contribution in [0.4, 0.5) is 16.2 Å². The number of amides is 2. The van der Waals surface area contributed by atoms with Crippen LogP contribution in [0.5, 0.6) is 0 Å². The molecule has 5 aromatic carbocycles. The van der Waals surface area contributed by atoms with Gasteiger partial charge in [0.05, 0.1) is 0 Å². The van der Waals surface area contributed by atoms with Gasteiger partial charge in [0.1, 0.15) is 6.04 Å². The summed E-state index contributed by atoms with van der Waals surface area (Å²) in [6.07, 6.45) is 0.216. The van der Waals surface area contributed by atoms with Crippen molar-refractivity contribution in [3.63, 3.8) is 0 Å². The van der Waals surface area contributed by atoms with E-state index in [1.165, 1.54) is 0 Å². The van der Waals surface area contributed by atoms with E-state index >= 15 is 0 Å². The first-order valence-electron chi connectivity index (χ1n) is 14.3. The Bertz CT molecular complexity index is 1740. The van der Waals surface area contributed by atoms with Gasteiger partial charge in [-0.1, -0.05) is 109 Å². The normalized spacial score (nSPS) is 11.3. The molecular weight excluding hydrogens is 550 g/mol. The van der Waals surface area contributed by atoms with Crippen LogP contribution in [0.1, 0.15) is 27.0 Å². The zero-order valence-electron chi connectivity index (χ0n) is 24.3. The number of hydrogen-bond donors (Lipinski definition) is 3. The summed E-state index contributed by atoms with van der Waals surface area (Å²) in [5, 5.41) is 16.0. The van der Waals surface area contributed by atoms with Crippen LogP contribution in [0.3, 0.4) is 0 Å². The maximum absolute atomic E-state index is 13.1. The fourth-order valence-corrected chi connectivity index (χ4v) is 4.91. The van der Waals surface area contributed by atoms with Gasteiger partial charge in [0.25, 0.3) is 0 Å². The topological polar surface area (TPSA) is 98.7 Å². The molecule has 1 unspecified atom stereocenters. The second-order valence-corrected chi connectivity index (χ2v) is 10.4. The standard InChI is InChI=1S/C37H33N3O4/c1-40(37(44)38-25-27-11-4-2-5-12-27)31-16-10-15-30(24-31)28-21-19-26(20-22-28)23-34(36(42)43)39-33-18-9-8-17-32(33)35(41)29-13-6-3-7-14-29/h2-22,24,34,39H,23,25H2,1H3,(H,38,44)(H,42,43). The zero-order chi connectivity index (χ0) is 30.9. The van der Waals surface area contributed by atoms with Gasteiger partial charge in [-0.25, -0.2) is 9.59 Å². The maximum Gasteiger partial charge on any atom is 0.326 e. The van der Waals surface area contributed by atoms with Crippen LogP contribution in [0.25, 0.3) is 11.1 Å². The number of hydrogen-bond acceptors (Lipinski definition) is 4. The van der Waals surface area contributed by atoms with Crippen LogP contribution < -0.4 is 15.5 Å². The quantitative estimate of drug-likeness (QED) is 0.145. The molecule has 3 N–H and O–H groups in total. The first-order valence-corrected chi connectivity index (χ1v) is 14.3. The van der Waals surface area contributed by atoms with Gasteiger partial charge in [-0.3, -0.25) is 9.69 Å². The molecule has 5 aromatic rings. The van der Waals surface area contributed by atoms with Crippen molar-refractivity contribution in [2.75, 3.05) is 17.3 Å². The number of urea groups is 1. The monoisotopic (exact) mass is 583 g/mol. The molecule has 5 rings (SSSR count). The molecule has 0 saturated heterocycles. The summed E-state index contributed by atoms with van der Waals surface area (Å²) in [5.41, 5.74) is 5.88. The Balaban J connectivity index is 1.26. The lowest BCUT2D eigenvalue weighted by molar-refractivity contribution is -0.137. The molecule has 0 aliphatic carbocycles. The highest BCUT2D eigenvalue weighted by atomic mass is 16.4. The van der Waals surface area contributed by atoms with E-state index in [0.29, 0.717) is 23.4 Å². The average Bonchev–Trinajstić information content (AvgIpc) is 3.07. The Kier molecular flexibility index (Phi) is 9.47. The number of nitrogens with one attached hydrogen (secondary N) is 2. The van der Waals surface area contributed by atoms with Crippen LogP contribution in [-0.4, -0.2) is 36.0 Å². The van der Waals surface area contributed by atoms with E-state index in [-0.39, 0.29) is 18.2 Å². The SMILES string of the molecule is CN(C(=O)NCc1ccccc1)c1cccc(-c2ccc(CC(Nc3ccccc3C(=O)c3ccccc3)C(=O)O)cc2)c1. The molecule has 7 heteroatoms. The second-order valence-electron chi connectivity index (χ2n) is 10.4. The lowest BCUT2D eigenvalue weighted by atomic mass is 9.98.